The summed E-state index contributed by atoms with van der Waals surface area (Å²) in [6.45, 7) is 2.32. The number of hydrogen-bond donors (Lipinski definition) is 1. The Hall–Kier alpha value is -3.11. The quantitative estimate of drug-likeness (QED) is 0.429. The highest BCUT2D eigenvalue weighted by Gasteiger charge is 2.35. The second-order valence-corrected chi connectivity index (χ2v) is 9.37. The molecule has 1 fully saturated rings. The molecule has 4 heteroatoms. The summed E-state index contributed by atoms with van der Waals surface area (Å²) in [5.74, 6) is 0.656. The Kier molecular flexibility index (Phi) is 7.46. The van der Waals surface area contributed by atoms with Crippen molar-refractivity contribution in [1.82, 2.24) is 0 Å². The number of likely N-dealkylation sites (tertiary alicyclic amines) is 1. The molecule has 33 heavy (non-hydrogen) atoms. The van der Waals surface area contributed by atoms with Crippen molar-refractivity contribution in [2.24, 2.45) is 0 Å². The van der Waals surface area contributed by atoms with Crippen LogP contribution in [0.15, 0.2) is 78.9 Å². The van der Waals surface area contributed by atoms with Crippen LogP contribution in [0.5, 0.6) is 5.75 Å². The number of carbonyl (C=O) groups excluding carboxylic acids is 1. The van der Waals surface area contributed by atoms with Crippen LogP contribution >= 0.6 is 0 Å². The highest BCUT2D eigenvalue weighted by Crippen LogP contribution is 2.31. The summed E-state index contributed by atoms with van der Waals surface area (Å²) in [6, 6.07) is 26.9. The van der Waals surface area contributed by atoms with Gasteiger partial charge in [-0.05, 0) is 61.6 Å². The van der Waals surface area contributed by atoms with Gasteiger partial charge in [0, 0.05) is 23.2 Å². The first-order valence-corrected chi connectivity index (χ1v) is 12.0. The highest BCUT2D eigenvalue weighted by atomic mass is 16.5. The van der Waals surface area contributed by atoms with E-state index in [2.05, 4.69) is 54.8 Å². The smallest absolute Gasteiger partial charge is 0.255 e. The maximum atomic E-state index is 12.8. The zero-order valence-corrected chi connectivity index (χ0v) is 19.8. The first kappa shape index (κ1) is 23.1. The average molecular weight is 444 g/mol. The highest BCUT2D eigenvalue weighted by molar-refractivity contribution is 6.04. The SMILES string of the molecule is COc1ccc(C(=O)Nc2ccccc2CCC2CCCC[N+]2(C)Cc2ccccc2)cc1. The number of nitrogens with zero attached hydrogens (tertiary/aromatic N) is 1. The third-order valence-electron chi connectivity index (χ3n) is 7.09. The lowest BCUT2D eigenvalue weighted by atomic mass is 9.92. The Morgan fingerprint density at radius 3 is 2.45 bits per heavy atom. The van der Waals surface area contributed by atoms with Crippen molar-refractivity contribution in [2.45, 2.75) is 44.7 Å². The van der Waals surface area contributed by atoms with Crippen molar-refractivity contribution >= 4 is 11.6 Å². The van der Waals surface area contributed by atoms with Gasteiger partial charge in [-0.25, -0.2) is 0 Å². The number of rotatable bonds is 8. The van der Waals surface area contributed by atoms with E-state index >= 15 is 0 Å². The molecule has 1 N–H and O–H groups in total. The number of ether oxygens (including phenoxy) is 1. The number of hydrogen-bond acceptors (Lipinski definition) is 2. The minimum Gasteiger partial charge on any atom is -0.497 e. The molecule has 0 spiro atoms. The van der Waals surface area contributed by atoms with Crippen LogP contribution < -0.4 is 10.1 Å². The molecule has 1 amide bonds. The number of anilines is 1. The first-order valence-electron chi connectivity index (χ1n) is 12.0. The van der Waals surface area contributed by atoms with Gasteiger partial charge in [0.1, 0.15) is 12.3 Å². The van der Waals surface area contributed by atoms with Crippen molar-refractivity contribution in [3.05, 3.63) is 95.6 Å². The van der Waals surface area contributed by atoms with Crippen LogP contribution in [0, 0.1) is 0 Å². The number of piperidine rings is 1. The van der Waals surface area contributed by atoms with E-state index in [1.54, 1.807) is 19.2 Å². The summed E-state index contributed by atoms with van der Waals surface area (Å²) in [7, 11) is 4.05. The van der Waals surface area contributed by atoms with E-state index in [0.29, 0.717) is 11.6 Å². The minimum absolute atomic E-state index is 0.0903. The second kappa shape index (κ2) is 10.7. The predicted molar refractivity (Wildman–Crippen MR) is 135 cm³/mol. The van der Waals surface area contributed by atoms with Gasteiger partial charge in [0.15, 0.2) is 0 Å². The van der Waals surface area contributed by atoms with Gasteiger partial charge >= 0.3 is 0 Å². The van der Waals surface area contributed by atoms with Crippen molar-refractivity contribution in [3.8, 4) is 5.75 Å². The summed E-state index contributed by atoms with van der Waals surface area (Å²) in [5.41, 5.74) is 4.16. The molecule has 0 saturated carbocycles. The summed E-state index contributed by atoms with van der Waals surface area (Å²) >= 11 is 0. The Labute approximate surface area is 197 Å². The van der Waals surface area contributed by atoms with Crippen molar-refractivity contribution in [1.29, 1.82) is 0 Å². The van der Waals surface area contributed by atoms with Crippen LogP contribution in [0.25, 0.3) is 0 Å². The predicted octanol–water partition coefficient (Wildman–Crippen LogP) is 6.08. The van der Waals surface area contributed by atoms with Crippen LogP contribution in [-0.2, 0) is 13.0 Å². The molecule has 172 valence electrons. The average Bonchev–Trinajstić information content (AvgIpc) is 2.85. The first-order chi connectivity index (χ1) is 16.1. The van der Waals surface area contributed by atoms with Crippen molar-refractivity contribution in [2.75, 3.05) is 26.0 Å². The third-order valence-corrected chi connectivity index (χ3v) is 7.09. The number of nitrogens with one attached hydrogen (secondary N) is 1. The monoisotopic (exact) mass is 443 g/mol. The van der Waals surface area contributed by atoms with E-state index < -0.39 is 0 Å². The zero-order valence-electron chi connectivity index (χ0n) is 19.8. The van der Waals surface area contributed by atoms with Crippen LogP contribution in [-0.4, -0.2) is 37.1 Å². The lowest BCUT2D eigenvalue weighted by molar-refractivity contribution is -0.951. The Bertz CT molecular complexity index is 1050. The van der Waals surface area contributed by atoms with Gasteiger partial charge in [-0.3, -0.25) is 4.79 Å². The Balaban J connectivity index is 1.44. The topological polar surface area (TPSA) is 38.3 Å². The molecular formula is C29H35N2O2+. The summed E-state index contributed by atoms with van der Waals surface area (Å²) in [4.78, 5) is 12.8. The van der Waals surface area contributed by atoms with Gasteiger partial charge in [-0.15, -0.1) is 0 Å². The molecule has 0 aliphatic carbocycles. The molecule has 3 aromatic carbocycles. The Morgan fingerprint density at radius 2 is 1.70 bits per heavy atom. The number of benzene rings is 3. The molecule has 0 bridgehead atoms. The number of methoxy groups -OCH3 is 1. The lowest BCUT2D eigenvalue weighted by Gasteiger charge is -2.45. The fraction of sp³-hybridized carbons (Fsp3) is 0.345. The second-order valence-electron chi connectivity index (χ2n) is 9.37. The molecule has 4 rings (SSSR count). The third kappa shape index (κ3) is 5.82. The molecule has 4 nitrogen and oxygen atoms in total. The van der Waals surface area contributed by atoms with E-state index in [9.17, 15) is 4.79 Å². The molecule has 2 atom stereocenters. The van der Waals surface area contributed by atoms with Crippen LogP contribution in [0.2, 0.25) is 0 Å². The van der Waals surface area contributed by atoms with Gasteiger partial charge in [0.05, 0.1) is 26.7 Å². The summed E-state index contributed by atoms with van der Waals surface area (Å²) < 4.78 is 6.30. The van der Waals surface area contributed by atoms with Gasteiger partial charge in [0.2, 0.25) is 0 Å². The van der Waals surface area contributed by atoms with Gasteiger partial charge in [0.25, 0.3) is 5.91 Å². The van der Waals surface area contributed by atoms with E-state index in [-0.39, 0.29) is 5.91 Å². The maximum Gasteiger partial charge on any atom is 0.255 e. The molecule has 1 aliphatic rings. The maximum absolute atomic E-state index is 12.8. The van der Waals surface area contributed by atoms with Crippen LogP contribution in [0.4, 0.5) is 5.69 Å². The normalized spacial score (nSPS) is 20.2. The molecule has 0 radical (unpaired) electrons. The van der Waals surface area contributed by atoms with Gasteiger partial charge in [-0.2, -0.15) is 0 Å². The molecule has 1 heterocycles. The van der Waals surface area contributed by atoms with Gasteiger partial charge in [-0.1, -0.05) is 48.5 Å². The lowest BCUT2D eigenvalue weighted by Crippen LogP contribution is -2.54. The fourth-order valence-corrected chi connectivity index (χ4v) is 5.13. The standard InChI is InChI=1S/C29H34N2O2/c1-31(22-23-10-4-3-5-11-23)21-9-8-13-26(31)18-15-24-12-6-7-14-28(24)30-29(32)25-16-19-27(33-2)20-17-25/h3-7,10-12,14,16-17,19-20,26H,8-9,13,15,18,21-22H2,1-2H3/p+1. The number of aryl methyl sites for hydroxylation is 1. The molecular weight excluding hydrogens is 408 g/mol. The van der Waals surface area contributed by atoms with E-state index in [4.69, 9.17) is 4.74 Å². The van der Waals surface area contributed by atoms with Gasteiger partial charge < -0.3 is 14.5 Å². The number of carbonyl (C=O) groups is 1. The molecule has 1 aliphatic heterocycles. The largest absolute Gasteiger partial charge is 0.497 e. The number of para-hydroxylation sites is 1. The van der Waals surface area contributed by atoms with Crippen molar-refractivity contribution in [3.63, 3.8) is 0 Å². The van der Waals surface area contributed by atoms with Crippen LogP contribution in [0.3, 0.4) is 0 Å². The molecule has 0 aromatic heterocycles. The van der Waals surface area contributed by atoms with Crippen LogP contribution in [0.1, 0.15) is 47.2 Å². The molecule has 3 aromatic rings. The molecule has 1 saturated heterocycles. The number of amides is 1. The summed E-state index contributed by atoms with van der Waals surface area (Å²) in [5, 5.41) is 3.13. The summed E-state index contributed by atoms with van der Waals surface area (Å²) in [6.07, 6.45) is 5.96. The van der Waals surface area contributed by atoms with E-state index in [0.717, 1.165) is 35.3 Å². The Morgan fingerprint density at radius 1 is 0.970 bits per heavy atom. The minimum atomic E-state index is -0.0903. The van der Waals surface area contributed by atoms with E-state index in [1.165, 1.54) is 36.9 Å². The number of quaternary nitrogens is 1. The van der Waals surface area contributed by atoms with E-state index in [1.807, 2.05) is 24.3 Å². The fourth-order valence-electron chi connectivity index (χ4n) is 5.13. The zero-order chi connectivity index (χ0) is 23.1. The molecule has 2 unspecified atom stereocenters. The van der Waals surface area contributed by atoms with Crippen molar-refractivity contribution < 1.29 is 14.0 Å².